The number of morpholine rings is 1. The highest BCUT2D eigenvalue weighted by atomic mass is 35.5. The number of hydrogen-bond acceptors (Lipinski definition) is 5. The van der Waals surface area contributed by atoms with E-state index in [-0.39, 0.29) is 5.56 Å². The Bertz CT molecular complexity index is 959. The fraction of sp³-hybridized carbons (Fsp3) is 0.312. The van der Waals surface area contributed by atoms with Crippen LogP contribution in [0, 0.1) is 6.92 Å². The molecule has 8 heteroatoms. The largest absolute Gasteiger partial charge is 0.378 e. The van der Waals surface area contributed by atoms with Crippen molar-refractivity contribution in [3.8, 4) is 5.69 Å². The normalized spacial score (nSPS) is 15.2. The van der Waals surface area contributed by atoms with Crippen LogP contribution in [0.1, 0.15) is 5.56 Å². The summed E-state index contributed by atoms with van der Waals surface area (Å²) in [6.07, 6.45) is 1.69. The molecule has 1 saturated heterocycles. The van der Waals surface area contributed by atoms with E-state index in [0.717, 1.165) is 11.3 Å². The fourth-order valence-corrected chi connectivity index (χ4v) is 3.06. The van der Waals surface area contributed by atoms with Crippen molar-refractivity contribution in [3.63, 3.8) is 0 Å². The van der Waals surface area contributed by atoms with Crippen LogP contribution in [0.15, 0.2) is 29.2 Å². The number of fused-ring (bicyclic) bond motifs is 1. The van der Waals surface area contributed by atoms with Gasteiger partial charge in [-0.25, -0.2) is 4.68 Å². The number of anilines is 1. The van der Waals surface area contributed by atoms with Crippen molar-refractivity contribution in [1.82, 2.24) is 19.7 Å². The Kier molecular flexibility index (Phi) is 3.74. The first kappa shape index (κ1) is 15.2. The molecule has 0 amide bonds. The van der Waals surface area contributed by atoms with Gasteiger partial charge in [0.1, 0.15) is 5.39 Å². The van der Waals surface area contributed by atoms with Gasteiger partial charge in [-0.15, -0.1) is 5.10 Å². The van der Waals surface area contributed by atoms with Crippen LogP contribution in [-0.2, 0) is 4.74 Å². The predicted octanol–water partition coefficient (Wildman–Crippen LogP) is 1.91. The number of hydrogen-bond donors (Lipinski definition) is 1. The Morgan fingerprint density at radius 2 is 2.08 bits per heavy atom. The van der Waals surface area contributed by atoms with Crippen molar-refractivity contribution >= 4 is 28.6 Å². The van der Waals surface area contributed by atoms with Gasteiger partial charge in [0, 0.05) is 24.3 Å². The topological polar surface area (TPSA) is 76.0 Å². The number of rotatable bonds is 2. The molecule has 1 aromatic carbocycles. The second kappa shape index (κ2) is 5.92. The third-order valence-corrected chi connectivity index (χ3v) is 4.33. The van der Waals surface area contributed by atoms with Crippen LogP contribution in [0.2, 0.25) is 5.02 Å². The molecule has 0 saturated carbocycles. The minimum Gasteiger partial charge on any atom is -0.378 e. The summed E-state index contributed by atoms with van der Waals surface area (Å²) in [7, 11) is 0. The van der Waals surface area contributed by atoms with E-state index < -0.39 is 0 Å². The van der Waals surface area contributed by atoms with Crippen LogP contribution in [0.5, 0.6) is 0 Å². The average Bonchev–Trinajstić information content (AvgIpc) is 3.00. The second-order valence-electron chi connectivity index (χ2n) is 5.73. The highest BCUT2D eigenvalue weighted by Gasteiger charge is 2.17. The van der Waals surface area contributed by atoms with E-state index in [1.807, 2.05) is 24.0 Å². The minimum absolute atomic E-state index is 0.195. The summed E-state index contributed by atoms with van der Waals surface area (Å²) in [4.78, 5) is 21.7. The van der Waals surface area contributed by atoms with E-state index in [2.05, 4.69) is 15.1 Å². The van der Waals surface area contributed by atoms with Crippen molar-refractivity contribution < 1.29 is 4.74 Å². The molecule has 1 aliphatic rings. The molecular formula is C16H16ClN5O2. The molecule has 24 heavy (non-hydrogen) atoms. The molecule has 124 valence electrons. The smallest absolute Gasteiger partial charge is 0.263 e. The van der Waals surface area contributed by atoms with Gasteiger partial charge in [-0.05, 0) is 30.7 Å². The van der Waals surface area contributed by atoms with Gasteiger partial charge in [0.15, 0.2) is 5.65 Å². The van der Waals surface area contributed by atoms with E-state index in [1.54, 1.807) is 16.9 Å². The van der Waals surface area contributed by atoms with E-state index in [4.69, 9.17) is 16.3 Å². The minimum atomic E-state index is -0.195. The maximum absolute atomic E-state index is 12.4. The molecule has 0 bridgehead atoms. The number of ether oxygens (including phenoxy) is 1. The van der Waals surface area contributed by atoms with Crippen LogP contribution in [0.25, 0.3) is 16.7 Å². The molecule has 3 heterocycles. The number of halogens is 1. The molecular weight excluding hydrogens is 330 g/mol. The molecule has 1 fully saturated rings. The average molecular weight is 346 g/mol. The summed E-state index contributed by atoms with van der Waals surface area (Å²) >= 11 is 6.00. The van der Waals surface area contributed by atoms with Gasteiger partial charge in [-0.2, -0.15) is 4.98 Å². The first-order chi connectivity index (χ1) is 11.6. The van der Waals surface area contributed by atoms with Gasteiger partial charge in [0.25, 0.3) is 5.56 Å². The predicted molar refractivity (Wildman–Crippen MR) is 92.3 cm³/mol. The Hall–Kier alpha value is -2.38. The molecule has 0 spiro atoms. The lowest BCUT2D eigenvalue weighted by Crippen LogP contribution is -2.38. The van der Waals surface area contributed by atoms with Crippen LogP contribution >= 0.6 is 11.6 Å². The number of aryl methyl sites for hydroxylation is 1. The van der Waals surface area contributed by atoms with Gasteiger partial charge in [0.05, 0.1) is 18.9 Å². The summed E-state index contributed by atoms with van der Waals surface area (Å²) in [5, 5.41) is 5.60. The third-order valence-electron chi connectivity index (χ3n) is 4.09. The third kappa shape index (κ3) is 2.65. The molecule has 3 aromatic rings. The molecule has 0 radical (unpaired) electrons. The lowest BCUT2D eigenvalue weighted by molar-refractivity contribution is 0.122. The standard InChI is InChI=1S/C16H16ClN5O2/c1-10-8-11(17)2-3-13(10)22-9-12-14(20-22)18-16(19-15(12)23)21-4-6-24-7-5-21/h2-3,8-9H,4-7H2,1H3,(H,18,19,20,23). The van der Waals surface area contributed by atoms with Gasteiger partial charge < -0.3 is 9.64 Å². The lowest BCUT2D eigenvalue weighted by Gasteiger charge is -2.26. The summed E-state index contributed by atoms with van der Waals surface area (Å²) in [5.74, 6) is 0.536. The number of benzene rings is 1. The molecule has 4 rings (SSSR count). The number of aromatic amines is 1. The highest BCUT2D eigenvalue weighted by Crippen LogP contribution is 2.20. The fourth-order valence-electron chi connectivity index (χ4n) is 2.83. The zero-order valence-corrected chi connectivity index (χ0v) is 13.9. The summed E-state index contributed by atoms with van der Waals surface area (Å²) in [5.41, 5.74) is 2.07. The Morgan fingerprint density at radius 1 is 1.29 bits per heavy atom. The Morgan fingerprint density at radius 3 is 2.83 bits per heavy atom. The van der Waals surface area contributed by atoms with Crippen molar-refractivity contribution in [3.05, 3.63) is 45.3 Å². The highest BCUT2D eigenvalue weighted by molar-refractivity contribution is 6.30. The van der Waals surface area contributed by atoms with E-state index in [9.17, 15) is 4.79 Å². The lowest BCUT2D eigenvalue weighted by atomic mass is 10.2. The molecule has 2 aromatic heterocycles. The first-order valence-corrected chi connectivity index (χ1v) is 8.08. The molecule has 0 unspecified atom stereocenters. The van der Waals surface area contributed by atoms with Gasteiger partial charge in [-0.1, -0.05) is 11.6 Å². The number of H-pyrrole nitrogens is 1. The van der Waals surface area contributed by atoms with Gasteiger partial charge in [-0.3, -0.25) is 9.78 Å². The zero-order valence-electron chi connectivity index (χ0n) is 13.1. The Balaban J connectivity index is 1.80. The van der Waals surface area contributed by atoms with Crippen LogP contribution in [0.3, 0.4) is 0 Å². The van der Waals surface area contributed by atoms with E-state index in [0.29, 0.717) is 48.3 Å². The molecule has 7 nitrogen and oxygen atoms in total. The monoisotopic (exact) mass is 345 g/mol. The van der Waals surface area contributed by atoms with Crippen LogP contribution in [0.4, 0.5) is 5.95 Å². The summed E-state index contributed by atoms with van der Waals surface area (Å²) in [6, 6.07) is 5.54. The maximum atomic E-state index is 12.4. The SMILES string of the molecule is Cc1cc(Cl)ccc1-n1cc2c(=O)[nH]c(N3CCOCC3)nc2n1. The summed E-state index contributed by atoms with van der Waals surface area (Å²) in [6.45, 7) is 4.60. The molecule has 0 atom stereocenters. The van der Waals surface area contributed by atoms with Crippen molar-refractivity contribution in [2.24, 2.45) is 0 Å². The number of aromatic nitrogens is 4. The number of nitrogens with one attached hydrogen (secondary N) is 1. The molecule has 1 aliphatic heterocycles. The Labute approximate surface area is 142 Å². The molecule has 1 N–H and O–H groups in total. The van der Waals surface area contributed by atoms with Gasteiger partial charge in [0.2, 0.25) is 5.95 Å². The summed E-state index contributed by atoms with van der Waals surface area (Å²) < 4.78 is 7.00. The van der Waals surface area contributed by atoms with Gasteiger partial charge >= 0.3 is 0 Å². The second-order valence-corrected chi connectivity index (χ2v) is 6.17. The van der Waals surface area contributed by atoms with Crippen LogP contribution in [-0.4, -0.2) is 46.1 Å². The quantitative estimate of drug-likeness (QED) is 0.767. The first-order valence-electron chi connectivity index (χ1n) is 7.71. The van der Waals surface area contributed by atoms with Crippen molar-refractivity contribution in [2.75, 3.05) is 31.2 Å². The zero-order chi connectivity index (χ0) is 16.7. The molecule has 0 aliphatic carbocycles. The maximum Gasteiger partial charge on any atom is 0.263 e. The van der Waals surface area contributed by atoms with Crippen molar-refractivity contribution in [1.29, 1.82) is 0 Å². The van der Waals surface area contributed by atoms with E-state index in [1.165, 1.54) is 0 Å². The van der Waals surface area contributed by atoms with E-state index >= 15 is 0 Å². The number of nitrogens with zero attached hydrogens (tertiary/aromatic N) is 4. The van der Waals surface area contributed by atoms with Crippen LogP contribution < -0.4 is 10.5 Å². The van der Waals surface area contributed by atoms with Crippen molar-refractivity contribution in [2.45, 2.75) is 6.92 Å².